The van der Waals surface area contributed by atoms with Gasteiger partial charge in [-0.15, -0.1) is 16.9 Å². The summed E-state index contributed by atoms with van der Waals surface area (Å²) < 4.78 is 7.22. The summed E-state index contributed by atoms with van der Waals surface area (Å²) in [6, 6.07) is 7.49. The van der Waals surface area contributed by atoms with Crippen LogP contribution >= 0.6 is 27.7 Å². The van der Waals surface area contributed by atoms with E-state index < -0.39 is 0 Å². The van der Waals surface area contributed by atoms with E-state index in [9.17, 15) is 4.79 Å². The van der Waals surface area contributed by atoms with Gasteiger partial charge in [0.2, 0.25) is 10.6 Å². The van der Waals surface area contributed by atoms with Crippen molar-refractivity contribution in [2.45, 2.75) is 18.4 Å². The van der Waals surface area contributed by atoms with Crippen molar-refractivity contribution in [1.82, 2.24) is 9.78 Å². The van der Waals surface area contributed by atoms with Gasteiger partial charge in [-0.05, 0) is 27.7 Å². The van der Waals surface area contributed by atoms with Crippen LogP contribution in [-0.2, 0) is 13.7 Å². The number of halogens is 1. The van der Waals surface area contributed by atoms with Crippen molar-refractivity contribution in [1.29, 1.82) is 0 Å². The molecular weight excluding hydrogens is 340 g/mol. The topological polar surface area (TPSA) is 44.1 Å². The zero-order valence-electron chi connectivity index (χ0n) is 11.3. The highest BCUT2D eigenvalue weighted by Crippen LogP contribution is 2.27. The Hall–Kier alpha value is -1.27. The van der Waals surface area contributed by atoms with Crippen LogP contribution in [0.4, 0.5) is 0 Å². The quantitative estimate of drug-likeness (QED) is 0.586. The Kier molecular flexibility index (Phi) is 5.25. The maximum atomic E-state index is 11.7. The summed E-state index contributed by atoms with van der Waals surface area (Å²) in [6.07, 6.45) is 1.82. The lowest BCUT2D eigenvalue weighted by Gasteiger charge is -2.12. The van der Waals surface area contributed by atoms with Gasteiger partial charge in [0.1, 0.15) is 6.61 Å². The molecule has 4 nitrogen and oxygen atoms in total. The summed E-state index contributed by atoms with van der Waals surface area (Å²) in [7, 11) is 1.83. The number of ether oxygens (including phenoxy) is 1. The fraction of sp³-hybridized carbons (Fsp3) is 0.286. The second-order valence-electron chi connectivity index (χ2n) is 4.11. The molecule has 2 rings (SSSR count). The van der Waals surface area contributed by atoms with Gasteiger partial charge >= 0.3 is 0 Å². The van der Waals surface area contributed by atoms with Crippen molar-refractivity contribution in [3.63, 3.8) is 0 Å². The van der Waals surface area contributed by atoms with Crippen molar-refractivity contribution in [3.8, 4) is 5.88 Å². The Bertz CT molecular complexity index is 613. The van der Waals surface area contributed by atoms with Gasteiger partial charge in [-0.25, -0.2) is 0 Å². The highest BCUT2D eigenvalue weighted by molar-refractivity contribution is 9.18. The first-order valence-corrected chi connectivity index (χ1v) is 7.96. The van der Waals surface area contributed by atoms with Gasteiger partial charge < -0.3 is 4.74 Å². The summed E-state index contributed by atoms with van der Waals surface area (Å²) in [6.45, 7) is 2.41. The van der Waals surface area contributed by atoms with Gasteiger partial charge in [-0.1, -0.05) is 19.1 Å². The van der Waals surface area contributed by atoms with E-state index in [1.807, 2.05) is 25.4 Å². The Morgan fingerprint density at radius 1 is 1.45 bits per heavy atom. The molecule has 1 heterocycles. The summed E-state index contributed by atoms with van der Waals surface area (Å²) in [5, 5.41) is 4.17. The van der Waals surface area contributed by atoms with Gasteiger partial charge in [0.15, 0.2) is 0 Å². The highest BCUT2D eigenvalue weighted by Gasteiger charge is 2.14. The normalized spacial score (nSPS) is 10.6. The maximum absolute atomic E-state index is 11.7. The average Bonchev–Trinajstić information content (AvgIpc) is 2.83. The third-order valence-corrected chi connectivity index (χ3v) is 4.11. The monoisotopic (exact) mass is 354 g/mol. The molecule has 0 amide bonds. The number of thioether (sulfide) groups is 1. The predicted octanol–water partition coefficient (Wildman–Crippen LogP) is 3.65. The molecule has 2 aromatic rings. The molecule has 0 bridgehead atoms. The summed E-state index contributed by atoms with van der Waals surface area (Å²) >= 11 is 4.72. The first-order valence-electron chi connectivity index (χ1n) is 6.18. The molecule has 0 atom stereocenters. The Labute approximate surface area is 130 Å². The number of nitrogens with zero attached hydrogens (tertiary/aromatic N) is 2. The molecule has 1 aromatic carbocycles. The van der Waals surface area contributed by atoms with Crippen LogP contribution in [0.3, 0.4) is 0 Å². The molecule has 0 saturated heterocycles. The van der Waals surface area contributed by atoms with E-state index in [4.69, 9.17) is 4.74 Å². The number of aryl methyl sites for hydroxylation is 1. The molecule has 0 unspecified atom stereocenters. The lowest BCUT2D eigenvalue weighted by atomic mass is 10.1. The second kappa shape index (κ2) is 6.95. The van der Waals surface area contributed by atoms with Crippen molar-refractivity contribution in [2.24, 2.45) is 7.05 Å². The van der Waals surface area contributed by atoms with Crippen molar-refractivity contribution >= 4 is 32.4 Å². The van der Waals surface area contributed by atoms with Gasteiger partial charge in [0.25, 0.3) is 0 Å². The van der Waals surface area contributed by atoms with Crippen LogP contribution in [0.5, 0.6) is 5.88 Å². The minimum absolute atomic E-state index is 0.129. The van der Waals surface area contributed by atoms with E-state index in [1.165, 1.54) is 0 Å². The third-order valence-electron chi connectivity index (χ3n) is 2.70. The number of hydrogen-bond acceptors (Lipinski definition) is 4. The minimum Gasteiger partial charge on any atom is -0.472 e. The molecule has 0 radical (unpaired) electrons. The maximum Gasteiger partial charge on any atom is 0.233 e. The van der Waals surface area contributed by atoms with Gasteiger partial charge in [0.05, 0.1) is 0 Å². The molecular formula is C14H15BrN2O2S. The minimum atomic E-state index is -0.129. The first-order chi connectivity index (χ1) is 9.61. The first kappa shape index (κ1) is 15.1. The van der Waals surface area contributed by atoms with Crippen molar-refractivity contribution in [3.05, 3.63) is 41.6 Å². The fourth-order valence-electron chi connectivity index (χ4n) is 1.81. The second-order valence-corrected chi connectivity index (χ2v) is 6.13. The van der Waals surface area contributed by atoms with Gasteiger partial charge in [0, 0.05) is 35.3 Å². The highest BCUT2D eigenvalue weighted by atomic mass is 79.9. The van der Waals surface area contributed by atoms with Crippen LogP contribution < -0.4 is 4.74 Å². The Morgan fingerprint density at radius 3 is 2.85 bits per heavy atom. The number of aromatic nitrogens is 2. The van der Waals surface area contributed by atoms with E-state index in [1.54, 1.807) is 28.6 Å². The van der Waals surface area contributed by atoms with E-state index in [-0.39, 0.29) is 4.69 Å². The Morgan fingerprint density at radius 2 is 2.25 bits per heavy atom. The third kappa shape index (κ3) is 3.64. The number of carbonyl (C=O) groups excluding carboxylic acids is 1. The molecule has 1 aromatic heterocycles. The summed E-state index contributed by atoms with van der Waals surface area (Å²) in [5.74, 6) is 1.49. The Balaban J connectivity index is 2.25. The van der Waals surface area contributed by atoms with Crippen LogP contribution in [0.15, 0.2) is 35.4 Å². The van der Waals surface area contributed by atoms with Crippen molar-refractivity contribution < 1.29 is 9.53 Å². The standard InChI is InChI=1S/C14H15BrN2O2S/c1-3-20-12-6-4-5-10(14(15)18)11(12)9-19-13-7-8-17(2)16-13/h4-8H,3,9H2,1-2H3. The van der Waals surface area contributed by atoms with Crippen LogP contribution in [0.25, 0.3) is 0 Å². The largest absolute Gasteiger partial charge is 0.472 e. The lowest BCUT2D eigenvalue weighted by Crippen LogP contribution is -2.05. The molecule has 0 N–H and O–H groups in total. The van der Waals surface area contributed by atoms with Crippen LogP contribution in [0.1, 0.15) is 22.8 Å². The number of rotatable bonds is 6. The lowest BCUT2D eigenvalue weighted by molar-refractivity contribution is 0.109. The van der Waals surface area contributed by atoms with Gasteiger partial charge in [-0.2, -0.15) is 0 Å². The molecule has 0 aliphatic carbocycles. The van der Waals surface area contributed by atoms with Crippen LogP contribution in [0.2, 0.25) is 0 Å². The summed E-state index contributed by atoms with van der Waals surface area (Å²) in [5.41, 5.74) is 1.53. The molecule has 6 heteroatoms. The van der Waals surface area contributed by atoms with Crippen molar-refractivity contribution in [2.75, 3.05) is 5.75 Å². The zero-order chi connectivity index (χ0) is 14.5. The molecule has 106 valence electrons. The average molecular weight is 355 g/mol. The SMILES string of the molecule is CCSc1cccc(C(=O)Br)c1COc1ccn(C)n1. The number of carbonyl (C=O) groups is 1. The molecule has 0 spiro atoms. The molecule has 20 heavy (non-hydrogen) atoms. The van der Waals surface area contributed by atoms with E-state index in [0.29, 0.717) is 18.1 Å². The zero-order valence-corrected chi connectivity index (χ0v) is 13.7. The van der Waals surface area contributed by atoms with Gasteiger partial charge in [-0.3, -0.25) is 9.48 Å². The van der Waals surface area contributed by atoms with E-state index in [0.717, 1.165) is 16.2 Å². The van der Waals surface area contributed by atoms with Crippen LogP contribution in [0, 0.1) is 0 Å². The number of benzene rings is 1. The van der Waals surface area contributed by atoms with E-state index >= 15 is 0 Å². The van der Waals surface area contributed by atoms with Crippen LogP contribution in [-0.4, -0.2) is 20.2 Å². The molecule has 0 saturated carbocycles. The fourth-order valence-corrected chi connectivity index (χ4v) is 3.01. The molecule has 0 aliphatic rings. The van der Waals surface area contributed by atoms with E-state index in [2.05, 4.69) is 28.0 Å². The molecule has 0 aliphatic heterocycles. The predicted molar refractivity (Wildman–Crippen MR) is 83.6 cm³/mol. The smallest absolute Gasteiger partial charge is 0.233 e. The number of hydrogen-bond donors (Lipinski definition) is 0. The summed E-state index contributed by atoms with van der Waals surface area (Å²) in [4.78, 5) is 12.7. The molecule has 0 fully saturated rings.